The van der Waals surface area contributed by atoms with E-state index in [0.29, 0.717) is 36.0 Å². The maximum Gasteiger partial charge on any atom is 0.151 e. The van der Waals surface area contributed by atoms with Gasteiger partial charge >= 0.3 is 0 Å². The van der Waals surface area contributed by atoms with Crippen LogP contribution in [-0.4, -0.2) is 16.5 Å². The van der Waals surface area contributed by atoms with Crippen LogP contribution in [0.1, 0.15) is 105 Å². The Labute approximate surface area is 186 Å². The molecule has 4 unspecified atom stereocenters. The fourth-order valence-electron chi connectivity index (χ4n) is 7.13. The van der Waals surface area contributed by atoms with Crippen molar-refractivity contribution in [1.29, 1.82) is 5.26 Å². The summed E-state index contributed by atoms with van der Waals surface area (Å²) < 4.78 is 0. The van der Waals surface area contributed by atoms with E-state index in [0.717, 1.165) is 43.4 Å². The van der Waals surface area contributed by atoms with Gasteiger partial charge in [0.1, 0.15) is 0 Å². The molecule has 2 rings (SSSR count). The Hall–Kier alpha value is -0.850. The van der Waals surface area contributed by atoms with Gasteiger partial charge in [-0.2, -0.15) is 5.26 Å². The first-order valence-corrected chi connectivity index (χ1v) is 12.6. The van der Waals surface area contributed by atoms with Crippen LogP contribution in [-0.2, 0) is 0 Å². The van der Waals surface area contributed by atoms with Gasteiger partial charge in [0.05, 0.1) is 6.07 Å². The molecule has 2 aliphatic rings. The number of allylic oxidation sites excluding steroid dienone is 1. The van der Waals surface area contributed by atoms with Crippen molar-refractivity contribution >= 4 is 0 Å². The summed E-state index contributed by atoms with van der Waals surface area (Å²) in [6, 6.07) is 2.23. The lowest BCUT2D eigenvalue weighted by Crippen LogP contribution is -2.44. The Kier molecular flexibility index (Phi) is 9.89. The third kappa shape index (κ3) is 6.33. The largest absolute Gasteiger partial charge is 0.368 e. The molecule has 2 N–H and O–H groups in total. The highest BCUT2D eigenvalue weighted by molar-refractivity contribution is 5.12. The van der Waals surface area contributed by atoms with Gasteiger partial charge < -0.3 is 10.2 Å². The van der Waals surface area contributed by atoms with Gasteiger partial charge in [0.15, 0.2) is 6.29 Å². The minimum atomic E-state index is -1.23. The molecule has 0 amide bonds. The lowest BCUT2D eigenvalue weighted by atomic mass is 9.54. The first-order chi connectivity index (χ1) is 14.2. The summed E-state index contributed by atoms with van der Waals surface area (Å²) in [7, 11) is 0. The molecule has 2 saturated carbocycles. The average Bonchev–Trinajstić information content (AvgIpc) is 3.02. The topological polar surface area (TPSA) is 64.2 Å². The molecule has 2 fully saturated rings. The second-order valence-electron chi connectivity index (χ2n) is 11.1. The minimum Gasteiger partial charge on any atom is -0.368 e. The molecule has 0 saturated heterocycles. The van der Waals surface area contributed by atoms with Crippen molar-refractivity contribution in [3.63, 3.8) is 0 Å². The van der Waals surface area contributed by atoms with Crippen molar-refractivity contribution in [3.05, 3.63) is 12.2 Å². The van der Waals surface area contributed by atoms with E-state index in [9.17, 15) is 10.2 Å². The lowest BCUT2D eigenvalue weighted by molar-refractivity contribution is -0.0880. The standard InChI is InChI=1S/C27H47NO2/c1-19(2)10-9-12-21(4)24-13-14-25-23(18-26(29)30)22(15-16-27(24,25)5)20(3)11-7-6-8-17-28/h19,21-26,29-30H,3,6-16,18H2,1-2,4-5H3/t21?,22?,23-,24-,25?,27?/m1/s1. The van der Waals surface area contributed by atoms with Crippen LogP contribution >= 0.6 is 0 Å². The predicted molar refractivity (Wildman–Crippen MR) is 124 cm³/mol. The number of hydrogen-bond donors (Lipinski definition) is 2. The lowest BCUT2D eigenvalue weighted by Gasteiger charge is -2.51. The summed E-state index contributed by atoms with van der Waals surface area (Å²) in [4.78, 5) is 0. The number of hydrogen-bond acceptors (Lipinski definition) is 3. The molecule has 0 aromatic heterocycles. The van der Waals surface area contributed by atoms with Crippen LogP contribution in [0, 0.1) is 52.3 Å². The summed E-state index contributed by atoms with van der Waals surface area (Å²) in [6.07, 6.45) is 11.7. The number of aliphatic hydroxyl groups is 2. The highest BCUT2D eigenvalue weighted by atomic mass is 16.5. The van der Waals surface area contributed by atoms with Crippen molar-refractivity contribution in [1.82, 2.24) is 0 Å². The predicted octanol–water partition coefficient (Wildman–Crippen LogP) is 6.85. The number of nitrogens with zero attached hydrogens (tertiary/aromatic N) is 1. The van der Waals surface area contributed by atoms with Gasteiger partial charge in [0.25, 0.3) is 0 Å². The minimum absolute atomic E-state index is 0.328. The van der Waals surface area contributed by atoms with Crippen LogP contribution in [0.15, 0.2) is 12.2 Å². The van der Waals surface area contributed by atoms with E-state index in [1.54, 1.807) is 0 Å². The van der Waals surface area contributed by atoms with Gasteiger partial charge in [-0.15, -0.1) is 0 Å². The SMILES string of the molecule is C=C(CCCCC#N)C1CCC2(C)C(CC[C@@H]2C(C)CCCC(C)C)[C@@H]1CC(O)O. The van der Waals surface area contributed by atoms with Crippen LogP contribution in [0.5, 0.6) is 0 Å². The molecule has 0 bridgehead atoms. The van der Waals surface area contributed by atoms with Crippen LogP contribution in [0.4, 0.5) is 0 Å². The highest BCUT2D eigenvalue weighted by Gasteiger charge is 2.55. The fraction of sp³-hybridized carbons (Fsp3) is 0.889. The molecule has 3 heteroatoms. The molecular formula is C27H47NO2. The van der Waals surface area contributed by atoms with Gasteiger partial charge in [-0.05, 0) is 85.9 Å². The van der Waals surface area contributed by atoms with Gasteiger partial charge in [-0.25, -0.2) is 0 Å². The molecule has 0 aliphatic heterocycles. The molecule has 0 aromatic rings. The molecule has 0 heterocycles. The van der Waals surface area contributed by atoms with E-state index in [1.807, 2.05) is 0 Å². The first kappa shape index (κ1) is 25.4. The monoisotopic (exact) mass is 417 g/mol. The van der Waals surface area contributed by atoms with Crippen LogP contribution < -0.4 is 0 Å². The summed E-state index contributed by atoms with van der Waals surface area (Å²) in [5.74, 6) is 3.62. The number of unbranched alkanes of at least 4 members (excludes halogenated alkanes) is 2. The van der Waals surface area contributed by atoms with Crippen LogP contribution in [0.2, 0.25) is 0 Å². The van der Waals surface area contributed by atoms with Crippen molar-refractivity contribution in [3.8, 4) is 6.07 Å². The molecule has 30 heavy (non-hydrogen) atoms. The summed E-state index contributed by atoms with van der Waals surface area (Å²) in [5.41, 5.74) is 1.61. The summed E-state index contributed by atoms with van der Waals surface area (Å²) in [5, 5.41) is 28.5. The zero-order valence-corrected chi connectivity index (χ0v) is 20.1. The van der Waals surface area contributed by atoms with E-state index in [4.69, 9.17) is 5.26 Å². The number of fused-ring (bicyclic) bond motifs is 1. The quantitative estimate of drug-likeness (QED) is 0.207. The van der Waals surface area contributed by atoms with E-state index in [2.05, 4.69) is 40.3 Å². The Balaban J connectivity index is 2.07. The number of rotatable bonds is 12. The molecular weight excluding hydrogens is 370 g/mol. The second-order valence-corrected chi connectivity index (χ2v) is 11.1. The van der Waals surface area contributed by atoms with Crippen molar-refractivity contribution < 1.29 is 10.2 Å². The van der Waals surface area contributed by atoms with Gasteiger partial charge in [0, 0.05) is 12.8 Å². The van der Waals surface area contributed by atoms with E-state index < -0.39 is 6.29 Å². The third-order valence-electron chi connectivity index (χ3n) is 8.68. The van der Waals surface area contributed by atoms with Gasteiger partial charge in [-0.1, -0.05) is 59.1 Å². The van der Waals surface area contributed by atoms with Crippen LogP contribution in [0.25, 0.3) is 0 Å². The van der Waals surface area contributed by atoms with Crippen molar-refractivity contribution in [2.45, 2.75) is 111 Å². The van der Waals surface area contributed by atoms with Crippen molar-refractivity contribution in [2.75, 3.05) is 0 Å². The molecule has 172 valence electrons. The van der Waals surface area contributed by atoms with Crippen LogP contribution in [0.3, 0.4) is 0 Å². The third-order valence-corrected chi connectivity index (χ3v) is 8.68. The summed E-state index contributed by atoms with van der Waals surface area (Å²) in [6.45, 7) is 14.0. The number of aliphatic hydroxyl groups excluding tert-OH is 1. The molecule has 0 spiro atoms. The zero-order chi connectivity index (χ0) is 22.3. The average molecular weight is 418 g/mol. The fourth-order valence-corrected chi connectivity index (χ4v) is 7.13. The smallest absolute Gasteiger partial charge is 0.151 e. The molecule has 2 aliphatic carbocycles. The van der Waals surface area contributed by atoms with Crippen molar-refractivity contribution in [2.24, 2.45) is 40.9 Å². The zero-order valence-electron chi connectivity index (χ0n) is 20.1. The maximum absolute atomic E-state index is 9.89. The Morgan fingerprint density at radius 3 is 2.47 bits per heavy atom. The Morgan fingerprint density at radius 1 is 1.10 bits per heavy atom. The van der Waals surface area contributed by atoms with E-state index in [-0.39, 0.29) is 0 Å². The maximum atomic E-state index is 9.89. The van der Waals surface area contributed by atoms with Gasteiger partial charge in [-0.3, -0.25) is 0 Å². The van der Waals surface area contributed by atoms with E-state index in [1.165, 1.54) is 44.1 Å². The Morgan fingerprint density at radius 2 is 1.83 bits per heavy atom. The highest BCUT2D eigenvalue weighted by Crippen LogP contribution is 2.62. The second kappa shape index (κ2) is 11.7. The molecule has 6 atom stereocenters. The molecule has 0 aromatic carbocycles. The molecule has 3 nitrogen and oxygen atoms in total. The summed E-state index contributed by atoms with van der Waals surface area (Å²) >= 11 is 0. The normalized spacial score (nSPS) is 32.2. The van der Waals surface area contributed by atoms with Gasteiger partial charge in [0.2, 0.25) is 0 Å². The molecule has 0 radical (unpaired) electrons. The van der Waals surface area contributed by atoms with E-state index >= 15 is 0 Å². The Bertz CT molecular complexity index is 578. The number of nitriles is 1. The first-order valence-electron chi connectivity index (χ1n) is 12.6.